The maximum absolute atomic E-state index is 10.9. The molecule has 0 rings (SSSR count). The molecule has 2 heteroatoms. The zero-order chi connectivity index (χ0) is 9.23. The lowest BCUT2D eigenvalue weighted by Gasteiger charge is -1.97. The minimum Gasteiger partial charge on any atom is -0.434 e. The van der Waals surface area contributed by atoms with Gasteiger partial charge in [-0.05, 0) is 12.5 Å². The largest absolute Gasteiger partial charge is 0.434 e. The summed E-state index contributed by atoms with van der Waals surface area (Å²) >= 11 is 0. The van der Waals surface area contributed by atoms with E-state index in [9.17, 15) is 4.79 Å². The second-order valence-corrected chi connectivity index (χ2v) is 2.51. The van der Waals surface area contributed by atoms with E-state index >= 15 is 0 Å². The molecule has 0 radical (unpaired) electrons. The summed E-state index contributed by atoms with van der Waals surface area (Å²) in [6, 6.07) is 0. The van der Waals surface area contributed by atoms with E-state index in [-0.39, 0.29) is 5.97 Å². The predicted octanol–water partition coefficient (Wildman–Crippen LogP) is 2.81. The van der Waals surface area contributed by atoms with E-state index in [0.717, 1.165) is 19.3 Å². The van der Waals surface area contributed by atoms with E-state index in [4.69, 9.17) is 4.74 Å². The highest BCUT2D eigenvalue weighted by Gasteiger charge is 1.98. The van der Waals surface area contributed by atoms with Gasteiger partial charge in [-0.2, -0.15) is 0 Å². The van der Waals surface area contributed by atoms with Gasteiger partial charge in [-0.1, -0.05) is 32.4 Å². The molecule has 0 fully saturated rings. The van der Waals surface area contributed by atoms with Crippen LogP contribution in [0.15, 0.2) is 25.0 Å². The third-order valence-electron chi connectivity index (χ3n) is 1.40. The number of carbonyl (C=O) groups is 1. The minimum atomic E-state index is -0.165. The van der Waals surface area contributed by atoms with Crippen LogP contribution >= 0.6 is 0 Å². The zero-order valence-corrected chi connectivity index (χ0v) is 7.58. The molecule has 0 spiro atoms. The summed E-state index contributed by atoms with van der Waals surface area (Å²) in [5.74, 6) is -0.165. The molecule has 0 unspecified atom stereocenters. The van der Waals surface area contributed by atoms with Gasteiger partial charge in [-0.25, -0.2) is 0 Å². The van der Waals surface area contributed by atoms with Crippen LogP contribution in [0, 0.1) is 0 Å². The van der Waals surface area contributed by atoms with Crippen molar-refractivity contribution in [3.8, 4) is 0 Å². The first-order chi connectivity index (χ1) is 5.81. The molecule has 0 saturated carbocycles. The van der Waals surface area contributed by atoms with Gasteiger partial charge in [0.15, 0.2) is 0 Å². The van der Waals surface area contributed by atoms with Gasteiger partial charge in [-0.3, -0.25) is 4.79 Å². The Morgan fingerprint density at radius 2 is 2.25 bits per heavy atom. The number of rotatable bonds is 6. The first kappa shape index (κ1) is 11.0. The van der Waals surface area contributed by atoms with Crippen molar-refractivity contribution in [1.82, 2.24) is 0 Å². The summed E-state index contributed by atoms with van der Waals surface area (Å²) in [5.41, 5.74) is 0. The number of unbranched alkanes of at least 4 members (excludes halogenated alkanes) is 2. The van der Waals surface area contributed by atoms with Crippen molar-refractivity contribution in [2.75, 3.05) is 0 Å². The first-order valence-electron chi connectivity index (χ1n) is 4.28. The third kappa shape index (κ3) is 7.06. The third-order valence-corrected chi connectivity index (χ3v) is 1.40. The smallest absolute Gasteiger partial charge is 0.310 e. The molecule has 0 atom stereocenters. The van der Waals surface area contributed by atoms with Crippen LogP contribution in [0.25, 0.3) is 0 Å². The SMILES string of the molecule is C=CC=COC(=O)CCCCC. The van der Waals surface area contributed by atoms with Crippen molar-refractivity contribution >= 4 is 5.97 Å². The normalized spacial score (nSPS) is 10.1. The molecule has 2 nitrogen and oxygen atoms in total. The molecule has 0 amide bonds. The second-order valence-electron chi connectivity index (χ2n) is 2.51. The van der Waals surface area contributed by atoms with Crippen LogP contribution in [0.5, 0.6) is 0 Å². The average Bonchev–Trinajstić information content (AvgIpc) is 2.06. The fourth-order valence-corrected chi connectivity index (χ4v) is 0.749. The van der Waals surface area contributed by atoms with Gasteiger partial charge in [0.05, 0.1) is 6.26 Å². The molecule has 0 bridgehead atoms. The Labute approximate surface area is 73.9 Å². The predicted molar refractivity (Wildman–Crippen MR) is 49.6 cm³/mol. The number of allylic oxidation sites excluding steroid dienone is 2. The molecular weight excluding hydrogens is 152 g/mol. The Morgan fingerprint density at radius 3 is 2.83 bits per heavy atom. The fraction of sp³-hybridized carbons (Fsp3) is 0.500. The molecule has 0 aliphatic carbocycles. The summed E-state index contributed by atoms with van der Waals surface area (Å²) in [4.78, 5) is 10.9. The number of hydrogen-bond acceptors (Lipinski definition) is 2. The van der Waals surface area contributed by atoms with Crippen LogP contribution in [-0.4, -0.2) is 5.97 Å². The van der Waals surface area contributed by atoms with Gasteiger partial charge in [0.25, 0.3) is 0 Å². The van der Waals surface area contributed by atoms with Crippen molar-refractivity contribution in [2.45, 2.75) is 32.6 Å². The molecule has 0 saturated heterocycles. The highest BCUT2D eigenvalue weighted by molar-refractivity contribution is 5.69. The quantitative estimate of drug-likeness (QED) is 0.264. The fourth-order valence-electron chi connectivity index (χ4n) is 0.749. The lowest BCUT2D eigenvalue weighted by atomic mass is 10.2. The summed E-state index contributed by atoms with van der Waals surface area (Å²) in [6.07, 6.45) is 8.15. The van der Waals surface area contributed by atoms with E-state index in [1.807, 2.05) is 0 Å². The van der Waals surface area contributed by atoms with Crippen LogP contribution in [0.4, 0.5) is 0 Å². The van der Waals surface area contributed by atoms with E-state index in [1.165, 1.54) is 6.26 Å². The topological polar surface area (TPSA) is 26.3 Å². The van der Waals surface area contributed by atoms with Crippen LogP contribution in [0.2, 0.25) is 0 Å². The van der Waals surface area contributed by atoms with Gasteiger partial charge in [0.2, 0.25) is 0 Å². The van der Waals surface area contributed by atoms with Crippen LogP contribution in [-0.2, 0) is 9.53 Å². The number of hydrogen-bond donors (Lipinski definition) is 0. The van der Waals surface area contributed by atoms with Crippen molar-refractivity contribution in [1.29, 1.82) is 0 Å². The lowest BCUT2D eigenvalue weighted by Crippen LogP contribution is -1.98. The van der Waals surface area contributed by atoms with E-state index in [0.29, 0.717) is 6.42 Å². The van der Waals surface area contributed by atoms with Crippen molar-refractivity contribution in [3.05, 3.63) is 25.0 Å². The molecule has 12 heavy (non-hydrogen) atoms. The Balaban J connectivity index is 3.33. The van der Waals surface area contributed by atoms with Gasteiger partial charge in [-0.15, -0.1) is 0 Å². The number of ether oxygens (including phenoxy) is 1. The monoisotopic (exact) mass is 168 g/mol. The Morgan fingerprint density at radius 1 is 1.50 bits per heavy atom. The Bertz CT molecular complexity index is 159. The molecule has 0 N–H and O–H groups in total. The number of esters is 1. The second kappa shape index (κ2) is 8.05. The molecular formula is C10H16O2. The van der Waals surface area contributed by atoms with Gasteiger partial charge in [0, 0.05) is 6.42 Å². The Hall–Kier alpha value is -1.05. The van der Waals surface area contributed by atoms with E-state index < -0.39 is 0 Å². The maximum atomic E-state index is 10.9. The average molecular weight is 168 g/mol. The molecule has 0 aromatic carbocycles. The van der Waals surface area contributed by atoms with Crippen molar-refractivity contribution in [3.63, 3.8) is 0 Å². The van der Waals surface area contributed by atoms with Gasteiger partial charge in [0.1, 0.15) is 0 Å². The molecule has 68 valence electrons. The van der Waals surface area contributed by atoms with Crippen molar-refractivity contribution < 1.29 is 9.53 Å². The van der Waals surface area contributed by atoms with Crippen LogP contribution in [0.1, 0.15) is 32.6 Å². The summed E-state index contributed by atoms with van der Waals surface area (Å²) < 4.78 is 4.74. The molecule has 0 aliphatic heterocycles. The summed E-state index contributed by atoms with van der Waals surface area (Å²) in [7, 11) is 0. The van der Waals surface area contributed by atoms with Crippen molar-refractivity contribution in [2.24, 2.45) is 0 Å². The molecule has 0 aromatic heterocycles. The highest BCUT2D eigenvalue weighted by Crippen LogP contribution is 2.00. The van der Waals surface area contributed by atoms with Gasteiger partial charge < -0.3 is 4.74 Å². The Kier molecular flexibility index (Phi) is 7.35. The standard InChI is InChI=1S/C10H16O2/c1-3-5-7-8-10(11)12-9-6-4-2/h4,6,9H,2-3,5,7-8H2,1H3. The zero-order valence-electron chi connectivity index (χ0n) is 7.58. The van der Waals surface area contributed by atoms with E-state index in [2.05, 4.69) is 13.5 Å². The highest BCUT2D eigenvalue weighted by atomic mass is 16.5. The maximum Gasteiger partial charge on any atom is 0.310 e. The van der Waals surface area contributed by atoms with Crippen LogP contribution < -0.4 is 0 Å². The first-order valence-corrected chi connectivity index (χ1v) is 4.28. The van der Waals surface area contributed by atoms with Gasteiger partial charge >= 0.3 is 5.97 Å². The lowest BCUT2D eigenvalue weighted by molar-refractivity contribution is -0.138. The molecule has 0 aromatic rings. The van der Waals surface area contributed by atoms with Crippen LogP contribution in [0.3, 0.4) is 0 Å². The van der Waals surface area contributed by atoms with E-state index in [1.54, 1.807) is 12.2 Å². The summed E-state index contributed by atoms with van der Waals surface area (Å²) in [5, 5.41) is 0. The minimum absolute atomic E-state index is 0.165. The molecule has 0 aliphatic rings. The summed E-state index contributed by atoms with van der Waals surface area (Å²) in [6.45, 7) is 5.55. The molecule has 0 heterocycles. The number of carbonyl (C=O) groups excluding carboxylic acids is 1.